The lowest BCUT2D eigenvalue weighted by atomic mass is 10.2. The fourth-order valence-electron chi connectivity index (χ4n) is 2.42. The van der Waals surface area contributed by atoms with Crippen molar-refractivity contribution in [3.8, 4) is 11.4 Å². The molecule has 0 aliphatic carbocycles. The van der Waals surface area contributed by atoms with E-state index >= 15 is 0 Å². The van der Waals surface area contributed by atoms with Crippen LogP contribution in [0.2, 0.25) is 0 Å². The SMILES string of the molecule is CCOc1cccc(-n2c(CO)nc3cc(N)ccc32)c1. The highest BCUT2D eigenvalue weighted by atomic mass is 16.5. The average Bonchev–Trinajstić information content (AvgIpc) is 2.85. The number of imidazole rings is 1. The molecule has 3 aromatic rings. The Morgan fingerprint density at radius 1 is 1.24 bits per heavy atom. The standard InChI is InChI=1S/C16H17N3O2/c1-2-21-13-5-3-4-12(9-13)19-15-7-6-11(17)8-14(15)18-16(19)10-20/h3-9,20H,2,10,17H2,1H3. The molecular weight excluding hydrogens is 266 g/mol. The fraction of sp³-hybridized carbons (Fsp3) is 0.188. The van der Waals surface area contributed by atoms with Crippen LogP contribution in [0.5, 0.6) is 5.75 Å². The summed E-state index contributed by atoms with van der Waals surface area (Å²) in [4.78, 5) is 4.44. The summed E-state index contributed by atoms with van der Waals surface area (Å²) in [7, 11) is 0. The van der Waals surface area contributed by atoms with E-state index in [2.05, 4.69) is 4.98 Å². The Morgan fingerprint density at radius 3 is 2.86 bits per heavy atom. The summed E-state index contributed by atoms with van der Waals surface area (Å²) in [5.74, 6) is 1.36. The third kappa shape index (κ3) is 2.43. The van der Waals surface area contributed by atoms with Crippen LogP contribution in [0.1, 0.15) is 12.7 Å². The molecule has 0 aliphatic rings. The first kappa shape index (κ1) is 13.5. The maximum Gasteiger partial charge on any atom is 0.140 e. The Kier molecular flexibility index (Phi) is 3.50. The Hall–Kier alpha value is -2.53. The number of benzene rings is 2. The first-order valence-corrected chi connectivity index (χ1v) is 6.84. The van der Waals surface area contributed by atoms with Crippen LogP contribution < -0.4 is 10.5 Å². The van der Waals surface area contributed by atoms with Crippen molar-refractivity contribution >= 4 is 16.7 Å². The van der Waals surface area contributed by atoms with Gasteiger partial charge in [-0.3, -0.25) is 4.57 Å². The quantitative estimate of drug-likeness (QED) is 0.721. The molecule has 1 aromatic heterocycles. The van der Waals surface area contributed by atoms with Crippen molar-refractivity contribution in [2.75, 3.05) is 12.3 Å². The van der Waals surface area contributed by atoms with Gasteiger partial charge in [-0.2, -0.15) is 0 Å². The van der Waals surface area contributed by atoms with Crippen molar-refractivity contribution in [3.63, 3.8) is 0 Å². The van der Waals surface area contributed by atoms with E-state index in [4.69, 9.17) is 10.5 Å². The zero-order valence-corrected chi connectivity index (χ0v) is 11.8. The van der Waals surface area contributed by atoms with Gasteiger partial charge in [0.1, 0.15) is 18.2 Å². The van der Waals surface area contributed by atoms with Gasteiger partial charge in [0.05, 0.1) is 23.3 Å². The van der Waals surface area contributed by atoms with Gasteiger partial charge in [-0.15, -0.1) is 0 Å². The molecule has 0 unspecified atom stereocenters. The molecule has 3 rings (SSSR count). The van der Waals surface area contributed by atoms with Crippen LogP contribution in [0.3, 0.4) is 0 Å². The third-order valence-electron chi connectivity index (χ3n) is 3.28. The molecule has 0 aliphatic heterocycles. The number of hydrogen-bond donors (Lipinski definition) is 2. The molecule has 0 fully saturated rings. The number of nitrogens with zero attached hydrogens (tertiary/aromatic N) is 2. The topological polar surface area (TPSA) is 73.3 Å². The minimum atomic E-state index is -0.145. The Morgan fingerprint density at radius 2 is 2.10 bits per heavy atom. The first-order chi connectivity index (χ1) is 10.2. The van der Waals surface area contributed by atoms with E-state index in [1.54, 1.807) is 6.07 Å². The molecule has 0 saturated carbocycles. The summed E-state index contributed by atoms with van der Waals surface area (Å²) in [5, 5.41) is 9.58. The van der Waals surface area contributed by atoms with Gasteiger partial charge in [0.25, 0.3) is 0 Å². The normalized spacial score (nSPS) is 11.0. The van der Waals surface area contributed by atoms with Gasteiger partial charge in [-0.25, -0.2) is 4.98 Å². The summed E-state index contributed by atoms with van der Waals surface area (Å²) < 4.78 is 7.45. The van der Waals surface area contributed by atoms with Gasteiger partial charge in [0, 0.05) is 11.8 Å². The summed E-state index contributed by atoms with van der Waals surface area (Å²) in [6.07, 6.45) is 0. The number of rotatable bonds is 4. The molecule has 5 nitrogen and oxygen atoms in total. The van der Waals surface area contributed by atoms with E-state index in [9.17, 15) is 5.11 Å². The highest BCUT2D eigenvalue weighted by Gasteiger charge is 2.12. The number of ether oxygens (including phenoxy) is 1. The molecule has 0 atom stereocenters. The van der Waals surface area contributed by atoms with Crippen molar-refractivity contribution in [3.05, 3.63) is 48.3 Å². The number of aliphatic hydroxyl groups excluding tert-OH is 1. The molecule has 3 N–H and O–H groups in total. The lowest BCUT2D eigenvalue weighted by molar-refractivity contribution is 0.270. The van der Waals surface area contributed by atoms with Gasteiger partial charge >= 0.3 is 0 Å². The smallest absolute Gasteiger partial charge is 0.140 e. The molecule has 2 aromatic carbocycles. The monoisotopic (exact) mass is 283 g/mol. The number of nitrogens with two attached hydrogens (primary N) is 1. The Bertz CT molecular complexity index is 780. The predicted molar refractivity (Wildman–Crippen MR) is 82.6 cm³/mol. The second-order valence-corrected chi connectivity index (χ2v) is 4.70. The Balaban J connectivity index is 2.20. The maximum absolute atomic E-state index is 9.58. The van der Waals surface area contributed by atoms with E-state index in [1.807, 2.05) is 47.9 Å². The van der Waals surface area contributed by atoms with Crippen molar-refractivity contribution in [1.29, 1.82) is 0 Å². The van der Waals surface area contributed by atoms with Gasteiger partial charge in [0.2, 0.25) is 0 Å². The van der Waals surface area contributed by atoms with Gasteiger partial charge in [-0.1, -0.05) is 6.07 Å². The summed E-state index contributed by atoms with van der Waals surface area (Å²) in [6, 6.07) is 13.3. The van der Waals surface area contributed by atoms with Crippen LogP contribution in [0.4, 0.5) is 5.69 Å². The predicted octanol–water partition coefficient (Wildman–Crippen LogP) is 2.50. The van der Waals surface area contributed by atoms with E-state index in [1.165, 1.54) is 0 Å². The number of anilines is 1. The van der Waals surface area contributed by atoms with E-state index in [-0.39, 0.29) is 6.61 Å². The number of nitrogen functional groups attached to an aromatic ring is 1. The lowest BCUT2D eigenvalue weighted by Crippen LogP contribution is -2.01. The van der Waals surface area contributed by atoms with Gasteiger partial charge in [0.15, 0.2) is 0 Å². The zero-order chi connectivity index (χ0) is 14.8. The summed E-state index contributed by atoms with van der Waals surface area (Å²) in [6.45, 7) is 2.41. The number of aliphatic hydroxyl groups is 1. The number of aromatic nitrogens is 2. The zero-order valence-electron chi connectivity index (χ0n) is 11.8. The van der Waals surface area contributed by atoms with E-state index < -0.39 is 0 Å². The molecule has 0 saturated heterocycles. The van der Waals surface area contributed by atoms with Crippen LogP contribution in [-0.2, 0) is 6.61 Å². The molecule has 0 radical (unpaired) electrons. The number of fused-ring (bicyclic) bond motifs is 1. The largest absolute Gasteiger partial charge is 0.494 e. The molecule has 0 spiro atoms. The fourth-order valence-corrected chi connectivity index (χ4v) is 2.42. The van der Waals surface area contributed by atoms with E-state index in [0.29, 0.717) is 18.1 Å². The molecule has 108 valence electrons. The minimum absolute atomic E-state index is 0.145. The van der Waals surface area contributed by atoms with Crippen LogP contribution in [-0.4, -0.2) is 21.3 Å². The van der Waals surface area contributed by atoms with Crippen LogP contribution in [0.25, 0.3) is 16.7 Å². The van der Waals surface area contributed by atoms with Crippen LogP contribution in [0, 0.1) is 0 Å². The summed E-state index contributed by atoms with van der Waals surface area (Å²) in [5.41, 5.74) is 9.02. The van der Waals surface area contributed by atoms with Crippen molar-refractivity contribution in [2.24, 2.45) is 0 Å². The molecule has 0 amide bonds. The third-order valence-corrected chi connectivity index (χ3v) is 3.28. The van der Waals surface area contributed by atoms with Gasteiger partial charge in [-0.05, 0) is 37.3 Å². The molecule has 1 heterocycles. The highest BCUT2D eigenvalue weighted by Crippen LogP contribution is 2.25. The minimum Gasteiger partial charge on any atom is -0.494 e. The average molecular weight is 283 g/mol. The second kappa shape index (κ2) is 5.46. The van der Waals surface area contributed by atoms with Crippen LogP contribution >= 0.6 is 0 Å². The van der Waals surface area contributed by atoms with Gasteiger partial charge < -0.3 is 15.6 Å². The number of hydrogen-bond acceptors (Lipinski definition) is 4. The molecule has 5 heteroatoms. The summed E-state index contributed by atoms with van der Waals surface area (Å²) >= 11 is 0. The highest BCUT2D eigenvalue weighted by molar-refractivity contribution is 5.81. The van der Waals surface area contributed by atoms with Crippen molar-refractivity contribution < 1.29 is 9.84 Å². The van der Waals surface area contributed by atoms with Crippen LogP contribution in [0.15, 0.2) is 42.5 Å². The lowest BCUT2D eigenvalue weighted by Gasteiger charge is -2.10. The molecular formula is C16H17N3O2. The molecule has 0 bridgehead atoms. The second-order valence-electron chi connectivity index (χ2n) is 4.70. The van der Waals surface area contributed by atoms with E-state index in [0.717, 1.165) is 22.5 Å². The Labute approximate surface area is 122 Å². The molecule has 21 heavy (non-hydrogen) atoms. The maximum atomic E-state index is 9.58. The van der Waals surface area contributed by atoms with Crippen molar-refractivity contribution in [2.45, 2.75) is 13.5 Å². The first-order valence-electron chi connectivity index (χ1n) is 6.84. The van der Waals surface area contributed by atoms with Crippen molar-refractivity contribution in [1.82, 2.24) is 9.55 Å².